The maximum Gasteiger partial charge on any atom is 0.263 e. The van der Waals surface area contributed by atoms with Crippen LogP contribution in [0.5, 0.6) is 0 Å². The molecule has 3 N–H and O–H groups in total. The van der Waals surface area contributed by atoms with Crippen molar-refractivity contribution >= 4 is 44.9 Å². The van der Waals surface area contributed by atoms with Crippen molar-refractivity contribution in [2.24, 2.45) is 0 Å². The van der Waals surface area contributed by atoms with Gasteiger partial charge in [0.2, 0.25) is 0 Å². The highest BCUT2D eigenvalue weighted by atomic mass is 32.2. The first-order valence-electron chi connectivity index (χ1n) is 9.17. The van der Waals surface area contributed by atoms with Crippen LogP contribution in [-0.2, 0) is 0 Å². The SMILES string of the molecule is CSc1nc(-c2ccccc2)c2c(N)c(C(=O)NC3CCCCC3)sc2n1. The van der Waals surface area contributed by atoms with Gasteiger partial charge in [-0.15, -0.1) is 11.3 Å². The molecule has 1 saturated carbocycles. The number of carbonyl (C=O) groups excluding carboxylic acids is 1. The summed E-state index contributed by atoms with van der Waals surface area (Å²) in [5, 5.41) is 4.62. The molecule has 0 bridgehead atoms. The van der Waals surface area contributed by atoms with Crippen molar-refractivity contribution in [1.29, 1.82) is 0 Å². The van der Waals surface area contributed by atoms with Gasteiger partial charge < -0.3 is 11.1 Å². The molecule has 2 heterocycles. The normalized spacial score (nSPS) is 15.1. The molecule has 3 aromatic rings. The lowest BCUT2D eigenvalue weighted by molar-refractivity contribution is 0.0932. The van der Waals surface area contributed by atoms with E-state index < -0.39 is 0 Å². The molecule has 140 valence electrons. The number of fused-ring (bicyclic) bond motifs is 1. The summed E-state index contributed by atoms with van der Waals surface area (Å²) in [6, 6.07) is 10.2. The van der Waals surface area contributed by atoms with Gasteiger partial charge >= 0.3 is 0 Å². The third-order valence-corrected chi connectivity index (χ3v) is 6.59. The minimum atomic E-state index is -0.0906. The summed E-state index contributed by atoms with van der Waals surface area (Å²) < 4.78 is 0. The number of aromatic nitrogens is 2. The largest absolute Gasteiger partial charge is 0.397 e. The van der Waals surface area contributed by atoms with Crippen LogP contribution in [0.4, 0.5) is 5.69 Å². The lowest BCUT2D eigenvalue weighted by Gasteiger charge is -2.22. The molecule has 1 amide bonds. The first-order chi connectivity index (χ1) is 13.2. The number of amides is 1. The summed E-state index contributed by atoms with van der Waals surface area (Å²) in [5.74, 6) is -0.0906. The summed E-state index contributed by atoms with van der Waals surface area (Å²) in [6.07, 6.45) is 7.64. The van der Waals surface area contributed by atoms with Gasteiger partial charge in [0.1, 0.15) is 9.71 Å². The van der Waals surface area contributed by atoms with Crippen molar-refractivity contribution in [3.63, 3.8) is 0 Å². The number of carbonyl (C=O) groups is 1. The van der Waals surface area contributed by atoms with Crippen molar-refractivity contribution in [3.05, 3.63) is 35.2 Å². The number of thiophene rings is 1. The third kappa shape index (κ3) is 3.66. The summed E-state index contributed by atoms with van der Waals surface area (Å²) in [5.41, 5.74) is 8.68. The monoisotopic (exact) mass is 398 g/mol. The van der Waals surface area contributed by atoms with E-state index in [0.29, 0.717) is 15.7 Å². The number of rotatable bonds is 4. The summed E-state index contributed by atoms with van der Waals surface area (Å²) in [4.78, 5) is 23.5. The smallest absolute Gasteiger partial charge is 0.263 e. The van der Waals surface area contributed by atoms with E-state index in [1.54, 1.807) is 0 Å². The molecule has 0 unspecified atom stereocenters. The van der Waals surface area contributed by atoms with E-state index in [4.69, 9.17) is 5.73 Å². The van der Waals surface area contributed by atoms with Crippen molar-refractivity contribution in [2.75, 3.05) is 12.0 Å². The predicted molar refractivity (Wildman–Crippen MR) is 113 cm³/mol. The molecule has 5 nitrogen and oxygen atoms in total. The van der Waals surface area contributed by atoms with Gasteiger partial charge in [0.25, 0.3) is 5.91 Å². The highest BCUT2D eigenvalue weighted by Crippen LogP contribution is 2.39. The van der Waals surface area contributed by atoms with E-state index in [1.165, 1.54) is 42.4 Å². The molecule has 0 saturated heterocycles. The van der Waals surface area contributed by atoms with Gasteiger partial charge in [-0.2, -0.15) is 0 Å². The topological polar surface area (TPSA) is 80.9 Å². The molecule has 27 heavy (non-hydrogen) atoms. The van der Waals surface area contributed by atoms with Crippen LogP contribution < -0.4 is 11.1 Å². The molecular weight excluding hydrogens is 376 g/mol. The zero-order valence-corrected chi connectivity index (χ0v) is 16.8. The number of nitrogens with one attached hydrogen (secondary N) is 1. The average molecular weight is 399 g/mol. The molecule has 2 aromatic heterocycles. The van der Waals surface area contributed by atoms with Crippen molar-refractivity contribution in [2.45, 2.75) is 43.3 Å². The number of nitrogens with zero attached hydrogens (tertiary/aromatic N) is 2. The standard InChI is InChI=1S/C20H22N4OS2/c1-26-20-23-16(12-8-4-2-5-9-12)14-15(21)17(27-19(14)24-20)18(25)22-13-10-6-3-7-11-13/h2,4-5,8-9,13H,3,6-7,10-11,21H2,1H3,(H,22,25). The van der Waals surface area contributed by atoms with Gasteiger partial charge in [-0.1, -0.05) is 61.4 Å². The Morgan fingerprint density at radius 2 is 1.93 bits per heavy atom. The average Bonchev–Trinajstić information content (AvgIpc) is 3.05. The Morgan fingerprint density at radius 3 is 2.63 bits per heavy atom. The van der Waals surface area contributed by atoms with Crippen LogP contribution in [0.25, 0.3) is 21.5 Å². The Bertz CT molecular complexity index is 965. The summed E-state index contributed by atoms with van der Waals surface area (Å²) in [7, 11) is 0. The van der Waals surface area contributed by atoms with Gasteiger partial charge in [-0.05, 0) is 19.1 Å². The maximum atomic E-state index is 12.9. The lowest BCUT2D eigenvalue weighted by Crippen LogP contribution is -2.36. The van der Waals surface area contributed by atoms with E-state index in [-0.39, 0.29) is 11.9 Å². The van der Waals surface area contributed by atoms with Crippen LogP contribution in [0.1, 0.15) is 41.8 Å². The highest BCUT2D eigenvalue weighted by molar-refractivity contribution is 7.98. The molecule has 1 fully saturated rings. The molecule has 4 rings (SSSR count). The Morgan fingerprint density at radius 1 is 1.19 bits per heavy atom. The molecule has 0 radical (unpaired) electrons. The molecule has 0 spiro atoms. The molecule has 1 aliphatic carbocycles. The molecule has 7 heteroatoms. The zero-order chi connectivity index (χ0) is 18.8. The van der Waals surface area contributed by atoms with Gasteiger partial charge in [0, 0.05) is 11.6 Å². The second kappa shape index (κ2) is 7.86. The van der Waals surface area contributed by atoms with Crippen LogP contribution in [0, 0.1) is 0 Å². The lowest BCUT2D eigenvalue weighted by atomic mass is 9.95. The fourth-order valence-corrected chi connectivity index (χ4v) is 4.99. The van der Waals surface area contributed by atoms with Crippen LogP contribution in [0.3, 0.4) is 0 Å². The first-order valence-corrected chi connectivity index (χ1v) is 11.2. The fourth-order valence-electron chi connectivity index (χ4n) is 3.57. The molecule has 1 aromatic carbocycles. The van der Waals surface area contributed by atoms with Gasteiger partial charge in [-0.25, -0.2) is 9.97 Å². The Hall–Kier alpha value is -2.12. The second-order valence-electron chi connectivity index (χ2n) is 6.76. The Kier molecular flexibility index (Phi) is 5.31. The molecule has 1 aliphatic rings. The maximum absolute atomic E-state index is 12.9. The van der Waals surface area contributed by atoms with Crippen LogP contribution in [0.15, 0.2) is 35.5 Å². The Balaban J connectivity index is 1.77. The third-order valence-electron chi connectivity index (χ3n) is 4.94. The molecular formula is C20H22N4OS2. The van der Waals surface area contributed by atoms with Crippen LogP contribution in [0.2, 0.25) is 0 Å². The summed E-state index contributed by atoms with van der Waals surface area (Å²) >= 11 is 2.84. The van der Waals surface area contributed by atoms with Gasteiger partial charge in [0.05, 0.1) is 16.8 Å². The Labute approximate surface area is 166 Å². The zero-order valence-electron chi connectivity index (χ0n) is 15.2. The van der Waals surface area contributed by atoms with E-state index in [2.05, 4.69) is 15.3 Å². The van der Waals surface area contributed by atoms with E-state index in [0.717, 1.165) is 34.3 Å². The quantitative estimate of drug-likeness (QED) is 0.491. The minimum Gasteiger partial charge on any atom is -0.397 e. The van der Waals surface area contributed by atoms with Crippen molar-refractivity contribution in [3.8, 4) is 11.3 Å². The first kappa shape index (κ1) is 18.3. The summed E-state index contributed by atoms with van der Waals surface area (Å²) in [6.45, 7) is 0. The van der Waals surface area contributed by atoms with Crippen LogP contribution >= 0.6 is 23.1 Å². The highest BCUT2D eigenvalue weighted by Gasteiger charge is 2.24. The van der Waals surface area contributed by atoms with Gasteiger partial charge in [-0.3, -0.25) is 4.79 Å². The number of hydrogen-bond acceptors (Lipinski definition) is 6. The van der Waals surface area contributed by atoms with Gasteiger partial charge in [0.15, 0.2) is 5.16 Å². The number of benzene rings is 1. The minimum absolute atomic E-state index is 0.0906. The van der Waals surface area contributed by atoms with E-state index >= 15 is 0 Å². The number of nitrogen functional groups attached to an aromatic ring is 1. The second-order valence-corrected chi connectivity index (χ2v) is 8.53. The predicted octanol–water partition coefficient (Wildman–Crippen LogP) is 4.72. The van der Waals surface area contributed by atoms with Crippen LogP contribution in [-0.4, -0.2) is 28.2 Å². The number of thioether (sulfide) groups is 1. The number of anilines is 1. The van der Waals surface area contributed by atoms with E-state index in [9.17, 15) is 4.79 Å². The van der Waals surface area contributed by atoms with E-state index in [1.807, 2.05) is 36.6 Å². The molecule has 0 aliphatic heterocycles. The van der Waals surface area contributed by atoms with Crippen molar-refractivity contribution < 1.29 is 4.79 Å². The number of nitrogens with two attached hydrogens (primary N) is 1. The fraction of sp³-hybridized carbons (Fsp3) is 0.350. The van der Waals surface area contributed by atoms with Crippen molar-refractivity contribution in [1.82, 2.24) is 15.3 Å². The molecule has 0 atom stereocenters. The number of hydrogen-bond donors (Lipinski definition) is 2.